The first-order valence-electron chi connectivity index (χ1n) is 8.76. The van der Waals surface area contributed by atoms with Crippen LogP contribution in [0.25, 0.3) is 0 Å². The number of unbranched alkanes of at least 4 members (excludes halogenated alkanes) is 5. The van der Waals surface area contributed by atoms with Gasteiger partial charge in [0.1, 0.15) is 0 Å². The largest absolute Gasteiger partial charge is 0.357 e. The van der Waals surface area contributed by atoms with Gasteiger partial charge in [-0.25, -0.2) is 0 Å². The number of guanidine groups is 1. The topological polar surface area (TPSA) is 30.9 Å². The molecule has 0 aliphatic carbocycles. The summed E-state index contributed by atoms with van der Waals surface area (Å²) in [5, 5.41) is 3.39. The van der Waals surface area contributed by atoms with Gasteiger partial charge in [0.15, 0.2) is 5.96 Å². The van der Waals surface area contributed by atoms with Gasteiger partial charge < -0.3 is 15.1 Å². The van der Waals surface area contributed by atoms with Gasteiger partial charge in [-0.2, -0.15) is 0 Å². The van der Waals surface area contributed by atoms with Crippen LogP contribution < -0.4 is 5.32 Å². The van der Waals surface area contributed by atoms with Crippen molar-refractivity contribution in [1.82, 2.24) is 15.1 Å². The molecule has 0 aromatic rings. The zero-order chi connectivity index (χ0) is 15.9. The van der Waals surface area contributed by atoms with Crippen LogP contribution in [-0.4, -0.2) is 63.1 Å². The Bertz CT molecular complexity index is 251. The fraction of sp³-hybridized carbons (Fsp3) is 0.941. The maximum absolute atomic E-state index is 4.74. The molecule has 0 rings (SSSR count). The van der Waals surface area contributed by atoms with Gasteiger partial charge in [-0.05, 0) is 46.8 Å². The van der Waals surface area contributed by atoms with Gasteiger partial charge in [0.2, 0.25) is 0 Å². The van der Waals surface area contributed by atoms with Gasteiger partial charge in [0, 0.05) is 26.7 Å². The second-order valence-corrected chi connectivity index (χ2v) is 6.08. The summed E-state index contributed by atoms with van der Waals surface area (Å²) in [6.45, 7) is 8.56. The van der Waals surface area contributed by atoms with E-state index < -0.39 is 0 Å². The molecule has 0 heterocycles. The van der Waals surface area contributed by atoms with Crippen LogP contribution in [0.15, 0.2) is 4.99 Å². The van der Waals surface area contributed by atoms with E-state index in [0.29, 0.717) is 0 Å². The van der Waals surface area contributed by atoms with Crippen molar-refractivity contribution in [3.05, 3.63) is 0 Å². The Hall–Kier alpha value is -0.770. The first-order chi connectivity index (χ1) is 10.1. The van der Waals surface area contributed by atoms with Crippen molar-refractivity contribution in [1.29, 1.82) is 0 Å². The molecule has 0 fully saturated rings. The highest BCUT2D eigenvalue weighted by molar-refractivity contribution is 5.79. The molecule has 0 spiro atoms. The molecule has 0 bridgehead atoms. The van der Waals surface area contributed by atoms with Crippen LogP contribution in [-0.2, 0) is 0 Å². The van der Waals surface area contributed by atoms with E-state index in [4.69, 9.17) is 4.99 Å². The Morgan fingerprint density at radius 3 is 2.14 bits per heavy atom. The van der Waals surface area contributed by atoms with Crippen molar-refractivity contribution in [3.63, 3.8) is 0 Å². The summed E-state index contributed by atoms with van der Waals surface area (Å²) in [6, 6.07) is 0. The lowest BCUT2D eigenvalue weighted by Gasteiger charge is -2.21. The zero-order valence-corrected chi connectivity index (χ0v) is 15.1. The third-order valence-electron chi connectivity index (χ3n) is 3.57. The molecule has 0 aliphatic heterocycles. The lowest BCUT2D eigenvalue weighted by atomic mass is 10.1. The summed E-state index contributed by atoms with van der Waals surface area (Å²) in [7, 11) is 6.43. The van der Waals surface area contributed by atoms with E-state index in [1.54, 1.807) is 0 Å². The second kappa shape index (κ2) is 14.2. The molecule has 0 radical (unpaired) electrons. The fourth-order valence-electron chi connectivity index (χ4n) is 2.23. The van der Waals surface area contributed by atoms with Crippen molar-refractivity contribution in [2.24, 2.45) is 4.99 Å². The molecule has 0 aromatic carbocycles. The number of nitrogens with one attached hydrogen (secondary N) is 1. The van der Waals surface area contributed by atoms with Crippen molar-refractivity contribution in [2.75, 3.05) is 47.3 Å². The number of aliphatic imine (C=N–C) groups is 1. The lowest BCUT2D eigenvalue weighted by molar-refractivity contribution is 0.390. The normalized spacial score (nSPS) is 12.0. The molecule has 1 N–H and O–H groups in total. The highest BCUT2D eigenvalue weighted by atomic mass is 15.3. The summed E-state index contributed by atoms with van der Waals surface area (Å²) < 4.78 is 0. The summed E-state index contributed by atoms with van der Waals surface area (Å²) in [5.41, 5.74) is 0. The minimum absolute atomic E-state index is 0.944. The van der Waals surface area contributed by atoms with E-state index in [2.05, 4.69) is 50.1 Å². The summed E-state index contributed by atoms with van der Waals surface area (Å²) in [6.07, 6.45) is 8.97. The molecule has 21 heavy (non-hydrogen) atoms. The van der Waals surface area contributed by atoms with Crippen molar-refractivity contribution in [2.45, 2.75) is 58.8 Å². The van der Waals surface area contributed by atoms with Crippen LogP contribution in [0.5, 0.6) is 0 Å². The molecule has 0 aliphatic rings. The second-order valence-electron chi connectivity index (χ2n) is 6.08. The molecule has 0 unspecified atom stereocenters. The number of rotatable bonds is 12. The molecule has 0 atom stereocenters. The van der Waals surface area contributed by atoms with Crippen LogP contribution in [0.3, 0.4) is 0 Å². The number of nitrogens with zero attached hydrogens (tertiary/aromatic N) is 3. The fourth-order valence-corrected chi connectivity index (χ4v) is 2.23. The number of hydrogen-bond donors (Lipinski definition) is 1. The average molecular weight is 299 g/mol. The van der Waals surface area contributed by atoms with Crippen LogP contribution in [0.4, 0.5) is 0 Å². The predicted molar refractivity (Wildman–Crippen MR) is 95.2 cm³/mol. The summed E-state index contributed by atoms with van der Waals surface area (Å²) in [4.78, 5) is 9.25. The van der Waals surface area contributed by atoms with Crippen LogP contribution in [0.2, 0.25) is 0 Å². The van der Waals surface area contributed by atoms with Gasteiger partial charge in [0.25, 0.3) is 0 Å². The Balaban J connectivity index is 3.78. The monoisotopic (exact) mass is 298 g/mol. The molecule has 0 saturated carbocycles. The minimum Gasteiger partial charge on any atom is -0.357 e. The molecular weight excluding hydrogens is 260 g/mol. The van der Waals surface area contributed by atoms with Crippen LogP contribution in [0, 0.1) is 0 Å². The van der Waals surface area contributed by atoms with Gasteiger partial charge >= 0.3 is 0 Å². The van der Waals surface area contributed by atoms with Crippen molar-refractivity contribution < 1.29 is 0 Å². The Labute approximate surface area is 133 Å². The Morgan fingerprint density at radius 1 is 0.857 bits per heavy atom. The summed E-state index contributed by atoms with van der Waals surface area (Å²) >= 11 is 0. The van der Waals surface area contributed by atoms with E-state index >= 15 is 0 Å². The van der Waals surface area contributed by atoms with E-state index in [1.165, 1.54) is 51.5 Å². The first kappa shape index (κ1) is 20.2. The molecule has 0 aromatic heterocycles. The van der Waals surface area contributed by atoms with E-state index in [-0.39, 0.29) is 0 Å². The molecule has 4 heteroatoms. The van der Waals surface area contributed by atoms with E-state index in [0.717, 1.165) is 25.6 Å². The maximum atomic E-state index is 4.74. The van der Waals surface area contributed by atoms with Crippen LogP contribution >= 0.6 is 0 Å². The standard InChI is InChI=1S/C17H38N4/c1-6-8-16-21(5)17(18-7-2)19-14-12-10-9-11-13-15-20(3)4/h6-16H2,1-5H3,(H,18,19). The van der Waals surface area contributed by atoms with Gasteiger partial charge in [-0.3, -0.25) is 4.99 Å². The summed E-state index contributed by atoms with van der Waals surface area (Å²) in [5.74, 6) is 1.07. The van der Waals surface area contributed by atoms with E-state index in [1.807, 2.05) is 0 Å². The highest BCUT2D eigenvalue weighted by Crippen LogP contribution is 2.04. The lowest BCUT2D eigenvalue weighted by Crippen LogP contribution is -2.39. The molecular formula is C17H38N4. The van der Waals surface area contributed by atoms with Gasteiger partial charge in [0.05, 0.1) is 0 Å². The molecule has 0 saturated heterocycles. The van der Waals surface area contributed by atoms with Crippen LogP contribution in [0.1, 0.15) is 58.8 Å². The van der Waals surface area contributed by atoms with Crippen molar-refractivity contribution in [3.8, 4) is 0 Å². The van der Waals surface area contributed by atoms with Gasteiger partial charge in [-0.15, -0.1) is 0 Å². The first-order valence-corrected chi connectivity index (χ1v) is 8.76. The number of hydrogen-bond acceptors (Lipinski definition) is 2. The molecule has 4 nitrogen and oxygen atoms in total. The SMILES string of the molecule is CCCCN(C)C(=NCCCCCCCN(C)C)NCC. The van der Waals surface area contributed by atoms with E-state index in [9.17, 15) is 0 Å². The smallest absolute Gasteiger partial charge is 0.193 e. The quantitative estimate of drug-likeness (QED) is 0.341. The predicted octanol–water partition coefficient (Wildman–Crippen LogP) is 3.20. The highest BCUT2D eigenvalue weighted by Gasteiger charge is 2.03. The molecule has 0 amide bonds. The average Bonchev–Trinajstić information content (AvgIpc) is 2.45. The minimum atomic E-state index is 0.944. The van der Waals surface area contributed by atoms with Crippen molar-refractivity contribution >= 4 is 5.96 Å². The third kappa shape index (κ3) is 12.7. The molecule has 126 valence electrons. The van der Waals surface area contributed by atoms with Gasteiger partial charge in [-0.1, -0.05) is 32.6 Å². The Kier molecular flexibility index (Phi) is 13.7. The Morgan fingerprint density at radius 2 is 1.52 bits per heavy atom. The third-order valence-corrected chi connectivity index (χ3v) is 3.57. The maximum Gasteiger partial charge on any atom is 0.193 e. The zero-order valence-electron chi connectivity index (χ0n) is 15.1.